The predicted molar refractivity (Wildman–Crippen MR) is 154 cm³/mol. The molecule has 0 atom stereocenters. The molecule has 3 heterocycles. The molecule has 214 valence electrons. The molecule has 0 aliphatic rings. The van der Waals surface area contributed by atoms with Gasteiger partial charge >= 0.3 is 5.69 Å². The number of nitrogens with one attached hydrogen (secondary N) is 1. The molecule has 0 fully saturated rings. The van der Waals surface area contributed by atoms with E-state index in [1.807, 2.05) is 0 Å². The summed E-state index contributed by atoms with van der Waals surface area (Å²) in [6.45, 7) is 3.50. The second-order valence-corrected chi connectivity index (χ2v) is 9.65. The van der Waals surface area contributed by atoms with Gasteiger partial charge in [-0.1, -0.05) is 0 Å². The molecule has 1 amide bonds. The number of hydrogen-bond acceptors (Lipinski definition) is 7. The van der Waals surface area contributed by atoms with Crippen LogP contribution in [0.3, 0.4) is 0 Å². The van der Waals surface area contributed by atoms with Crippen molar-refractivity contribution in [3.8, 4) is 34.2 Å². The lowest BCUT2D eigenvalue weighted by molar-refractivity contribution is 0.102. The van der Waals surface area contributed by atoms with Gasteiger partial charge < -0.3 is 14.8 Å². The number of hydrogen-bond donors (Lipinski definition) is 1. The largest absolute Gasteiger partial charge is 0.497 e. The van der Waals surface area contributed by atoms with Gasteiger partial charge in [0.05, 0.1) is 24.7 Å². The Morgan fingerprint density at radius 2 is 1.76 bits per heavy atom. The van der Waals surface area contributed by atoms with Gasteiger partial charge in [-0.2, -0.15) is 5.10 Å². The summed E-state index contributed by atoms with van der Waals surface area (Å²) in [5.74, 6) is -0.728. The summed E-state index contributed by atoms with van der Waals surface area (Å²) in [6.07, 6.45) is 6.20. The zero-order valence-corrected chi connectivity index (χ0v) is 23.2. The van der Waals surface area contributed by atoms with E-state index in [0.717, 1.165) is 16.2 Å². The Kier molecular flexibility index (Phi) is 7.69. The molecule has 12 heteroatoms. The SMILES string of the molecule is COc1ccc(-n2c(=O)c(C(=O)Nc3ccc(Oc4ccnc(-c5cnn(C)c5)c4)c(F)c3)cn(C(C)C)c2=O)cc1. The Hall–Kier alpha value is -5.52. The maximum Gasteiger partial charge on any atom is 0.335 e. The van der Waals surface area contributed by atoms with Crippen LogP contribution in [-0.2, 0) is 7.05 Å². The van der Waals surface area contributed by atoms with E-state index in [4.69, 9.17) is 9.47 Å². The third kappa shape index (κ3) is 5.68. The van der Waals surface area contributed by atoms with E-state index in [1.165, 1.54) is 30.0 Å². The zero-order chi connectivity index (χ0) is 30.0. The minimum absolute atomic E-state index is 0.0773. The standard InChI is InChI=1S/C30H27FN6O5/c1-18(2)36-17-24(29(39)37(30(36)40)21-6-8-22(41-4)9-7-21)28(38)34-20-5-10-27(25(31)13-20)42-23-11-12-32-26(14-23)19-15-33-35(3)16-19/h5-18H,1-4H3,(H,34,38). The number of ether oxygens (including phenoxy) is 2. The highest BCUT2D eigenvalue weighted by Crippen LogP contribution is 2.29. The van der Waals surface area contributed by atoms with Crippen molar-refractivity contribution in [2.45, 2.75) is 19.9 Å². The second kappa shape index (κ2) is 11.5. The van der Waals surface area contributed by atoms with E-state index < -0.39 is 23.0 Å². The first-order valence-electron chi connectivity index (χ1n) is 12.9. The molecular formula is C30H27FN6O5. The van der Waals surface area contributed by atoms with Crippen LogP contribution in [0.5, 0.6) is 17.2 Å². The molecule has 2 aromatic carbocycles. The quantitative estimate of drug-likeness (QED) is 0.290. The van der Waals surface area contributed by atoms with Crippen LogP contribution in [0.1, 0.15) is 30.2 Å². The average molecular weight is 571 g/mol. The van der Waals surface area contributed by atoms with Crippen molar-refractivity contribution in [1.29, 1.82) is 0 Å². The molecule has 0 saturated carbocycles. The van der Waals surface area contributed by atoms with Crippen LogP contribution in [-0.4, -0.2) is 36.9 Å². The van der Waals surface area contributed by atoms with E-state index in [0.29, 0.717) is 17.2 Å². The molecule has 0 aliphatic carbocycles. The molecule has 1 N–H and O–H groups in total. The topological polar surface area (TPSA) is 122 Å². The first kappa shape index (κ1) is 28.0. The van der Waals surface area contributed by atoms with E-state index in [1.54, 1.807) is 80.6 Å². The van der Waals surface area contributed by atoms with Crippen molar-refractivity contribution >= 4 is 11.6 Å². The first-order valence-corrected chi connectivity index (χ1v) is 12.9. The smallest absolute Gasteiger partial charge is 0.335 e. The van der Waals surface area contributed by atoms with Gasteiger partial charge in [0.15, 0.2) is 11.6 Å². The predicted octanol–water partition coefficient (Wildman–Crippen LogP) is 4.57. The van der Waals surface area contributed by atoms with Crippen LogP contribution in [0.2, 0.25) is 0 Å². The van der Waals surface area contributed by atoms with Crippen molar-refractivity contribution in [2.75, 3.05) is 12.4 Å². The van der Waals surface area contributed by atoms with E-state index in [9.17, 15) is 14.4 Å². The number of carbonyl (C=O) groups excluding carboxylic acids is 1. The average Bonchev–Trinajstić information content (AvgIpc) is 3.41. The van der Waals surface area contributed by atoms with Crippen LogP contribution in [0.15, 0.2) is 89.0 Å². The number of halogens is 1. The van der Waals surface area contributed by atoms with Crippen LogP contribution in [0.4, 0.5) is 10.1 Å². The normalized spacial score (nSPS) is 11.0. The van der Waals surface area contributed by atoms with Gasteiger partial charge in [-0.3, -0.25) is 23.8 Å². The highest BCUT2D eigenvalue weighted by atomic mass is 19.1. The number of carbonyl (C=O) groups is 1. The summed E-state index contributed by atoms with van der Waals surface area (Å²) in [7, 11) is 3.29. The molecular weight excluding hydrogens is 543 g/mol. The molecule has 5 aromatic rings. The number of methoxy groups -OCH3 is 1. The van der Waals surface area contributed by atoms with Crippen molar-refractivity contribution in [2.24, 2.45) is 7.05 Å². The molecule has 5 rings (SSSR count). The number of benzene rings is 2. The Bertz CT molecular complexity index is 1890. The lowest BCUT2D eigenvalue weighted by Crippen LogP contribution is -2.42. The molecule has 0 saturated heterocycles. The van der Waals surface area contributed by atoms with Gasteiger partial charge in [-0.25, -0.2) is 13.8 Å². The van der Waals surface area contributed by atoms with Gasteiger partial charge in [-0.05, 0) is 56.3 Å². The molecule has 11 nitrogen and oxygen atoms in total. The number of aromatic nitrogens is 5. The van der Waals surface area contributed by atoms with Crippen LogP contribution in [0.25, 0.3) is 16.9 Å². The van der Waals surface area contributed by atoms with E-state index in [-0.39, 0.29) is 28.7 Å². The monoisotopic (exact) mass is 570 g/mol. The maximum atomic E-state index is 15.0. The molecule has 42 heavy (non-hydrogen) atoms. The molecule has 0 radical (unpaired) electrons. The Morgan fingerprint density at radius 1 is 1.00 bits per heavy atom. The van der Waals surface area contributed by atoms with Crippen molar-refractivity contribution < 1.29 is 18.7 Å². The highest BCUT2D eigenvalue weighted by molar-refractivity contribution is 6.03. The number of nitrogens with zero attached hydrogens (tertiary/aromatic N) is 5. The van der Waals surface area contributed by atoms with Gasteiger partial charge in [0, 0.05) is 55.1 Å². The summed E-state index contributed by atoms with van der Waals surface area (Å²) in [5.41, 5.74) is 0.0245. The molecule has 0 aliphatic heterocycles. The van der Waals surface area contributed by atoms with Gasteiger partial charge in [0.1, 0.15) is 17.1 Å². The summed E-state index contributed by atoms with van der Waals surface area (Å²) in [4.78, 5) is 44.0. The Balaban J connectivity index is 1.41. The number of rotatable bonds is 8. The number of anilines is 1. The maximum absolute atomic E-state index is 15.0. The van der Waals surface area contributed by atoms with Crippen molar-refractivity contribution in [3.63, 3.8) is 0 Å². The lowest BCUT2D eigenvalue weighted by atomic mass is 10.2. The van der Waals surface area contributed by atoms with Gasteiger partial charge in [0.2, 0.25) is 0 Å². The van der Waals surface area contributed by atoms with Crippen LogP contribution in [0, 0.1) is 5.82 Å². The number of pyridine rings is 1. The molecule has 0 unspecified atom stereocenters. The zero-order valence-electron chi connectivity index (χ0n) is 23.2. The summed E-state index contributed by atoms with van der Waals surface area (Å²) < 4.78 is 29.8. The molecule has 0 spiro atoms. The fourth-order valence-corrected chi connectivity index (χ4v) is 4.23. The Labute approximate surface area is 239 Å². The number of amides is 1. The summed E-state index contributed by atoms with van der Waals surface area (Å²) >= 11 is 0. The minimum atomic E-state index is -0.818. The van der Waals surface area contributed by atoms with E-state index in [2.05, 4.69) is 15.4 Å². The lowest BCUT2D eigenvalue weighted by Gasteiger charge is -2.16. The second-order valence-electron chi connectivity index (χ2n) is 9.65. The summed E-state index contributed by atoms with van der Waals surface area (Å²) in [5, 5.41) is 6.67. The fourth-order valence-electron chi connectivity index (χ4n) is 4.23. The third-order valence-electron chi connectivity index (χ3n) is 6.40. The van der Waals surface area contributed by atoms with Crippen LogP contribution < -0.4 is 26.0 Å². The molecule has 0 bridgehead atoms. The van der Waals surface area contributed by atoms with Crippen LogP contribution >= 0.6 is 0 Å². The number of aryl methyl sites for hydroxylation is 1. The van der Waals surface area contributed by atoms with Gasteiger partial charge in [0.25, 0.3) is 11.5 Å². The third-order valence-corrected chi connectivity index (χ3v) is 6.40. The van der Waals surface area contributed by atoms with Crippen molar-refractivity contribution in [3.05, 3.63) is 112 Å². The summed E-state index contributed by atoms with van der Waals surface area (Å²) in [6, 6.07) is 13.1. The Morgan fingerprint density at radius 3 is 2.40 bits per heavy atom. The molecule has 3 aromatic heterocycles. The van der Waals surface area contributed by atoms with Crippen molar-refractivity contribution in [1.82, 2.24) is 23.9 Å². The first-order chi connectivity index (χ1) is 20.1. The van der Waals surface area contributed by atoms with E-state index >= 15 is 4.39 Å². The van der Waals surface area contributed by atoms with Gasteiger partial charge in [-0.15, -0.1) is 0 Å². The fraction of sp³-hybridized carbons (Fsp3) is 0.167. The minimum Gasteiger partial charge on any atom is -0.497 e. The highest BCUT2D eigenvalue weighted by Gasteiger charge is 2.20.